The minimum atomic E-state index is -0.172. The van der Waals surface area contributed by atoms with Gasteiger partial charge in [0.2, 0.25) is 11.8 Å². The molecule has 31 heavy (non-hydrogen) atoms. The molecule has 0 bridgehead atoms. The van der Waals surface area contributed by atoms with Gasteiger partial charge in [-0.15, -0.1) is 10.2 Å². The van der Waals surface area contributed by atoms with E-state index >= 15 is 0 Å². The molecule has 0 unspecified atom stereocenters. The van der Waals surface area contributed by atoms with Gasteiger partial charge in [0.05, 0.1) is 19.3 Å². The van der Waals surface area contributed by atoms with Crippen LogP contribution in [0.5, 0.6) is 5.75 Å². The Bertz CT molecular complexity index is 1100. The zero-order valence-electron chi connectivity index (χ0n) is 17.9. The van der Waals surface area contributed by atoms with Gasteiger partial charge in [-0.3, -0.25) is 9.59 Å². The highest BCUT2D eigenvalue weighted by molar-refractivity contribution is 7.99. The largest absolute Gasteiger partial charge is 0.497 e. The lowest BCUT2D eigenvalue weighted by Crippen LogP contribution is -2.18. The van der Waals surface area contributed by atoms with Crippen molar-refractivity contribution in [2.45, 2.75) is 25.4 Å². The predicted octanol–water partition coefficient (Wildman–Crippen LogP) is 3.35. The van der Waals surface area contributed by atoms with Crippen molar-refractivity contribution in [1.29, 1.82) is 0 Å². The van der Waals surface area contributed by atoms with Crippen LogP contribution in [0.25, 0.3) is 0 Å². The standard InChI is InChI=1S/C22H25N5O3S/c1-14-8-9-18(15(2)10-14)24-20(28)12-19-25-26-22(27(19)3)31-13-21(29)23-16-6-5-7-17(11-16)30-4/h5-11H,12-13H2,1-4H3,(H,23,29)(H,24,28). The molecule has 0 fully saturated rings. The van der Waals surface area contributed by atoms with Gasteiger partial charge in [-0.05, 0) is 37.6 Å². The van der Waals surface area contributed by atoms with E-state index in [4.69, 9.17) is 4.74 Å². The van der Waals surface area contributed by atoms with Crippen LogP contribution < -0.4 is 15.4 Å². The Morgan fingerprint density at radius 2 is 1.87 bits per heavy atom. The van der Waals surface area contributed by atoms with Crippen LogP contribution in [-0.2, 0) is 23.1 Å². The molecule has 0 aliphatic carbocycles. The second-order valence-electron chi connectivity index (χ2n) is 7.07. The smallest absolute Gasteiger partial charge is 0.234 e. The van der Waals surface area contributed by atoms with Crippen molar-refractivity contribution in [3.05, 3.63) is 59.4 Å². The zero-order valence-corrected chi connectivity index (χ0v) is 18.7. The number of carbonyl (C=O) groups is 2. The molecule has 2 amide bonds. The molecule has 0 radical (unpaired) electrons. The number of hydrogen-bond acceptors (Lipinski definition) is 6. The van der Waals surface area contributed by atoms with Gasteiger partial charge in [0, 0.05) is 24.5 Å². The summed E-state index contributed by atoms with van der Waals surface area (Å²) in [4.78, 5) is 24.7. The Kier molecular flexibility index (Phi) is 7.30. The van der Waals surface area contributed by atoms with E-state index in [1.807, 2.05) is 38.1 Å². The van der Waals surface area contributed by atoms with Crippen LogP contribution in [-0.4, -0.2) is 39.4 Å². The minimum Gasteiger partial charge on any atom is -0.497 e. The van der Waals surface area contributed by atoms with Crippen LogP contribution in [0.2, 0.25) is 0 Å². The van der Waals surface area contributed by atoms with Crippen molar-refractivity contribution in [2.75, 3.05) is 23.5 Å². The average molecular weight is 440 g/mol. The molecule has 3 rings (SSSR count). The molecule has 0 spiro atoms. The number of nitrogens with one attached hydrogen (secondary N) is 2. The lowest BCUT2D eigenvalue weighted by Gasteiger charge is -2.09. The summed E-state index contributed by atoms with van der Waals surface area (Å²) in [5.74, 6) is 1.02. The van der Waals surface area contributed by atoms with E-state index in [0.717, 1.165) is 16.8 Å². The number of carbonyl (C=O) groups excluding carboxylic acids is 2. The fourth-order valence-corrected chi connectivity index (χ4v) is 3.67. The average Bonchev–Trinajstić information content (AvgIpc) is 3.08. The van der Waals surface area contributed by atoms with E-state index < -0.39 is 0 Å². The highest BCUT2D eigenvalue weighted by Gasteiger charge is 2.15. The second-order valence-corrected chi connectivity index (χ2v) is 8.01. The quantitative estimate of drug-likeness (QED) is 0.523. The first-order chi connectivity index (χ1) is 14.9. The van der Waals surface area contributed by atoms with Crippen molar-refractivity contribution in [1.82, 2.24) is 14.8 Å². The number of aryl methyl sites for hydroxylation is 2. The van der Waals surface area contributed by atoms with E-state index in [2.05, 4.69) is 20.8 Å². The van der Waals surface area contributed by atoms with Crippen molar-refractivity contribution in [3.63, 3.8) is 0 Å². The summed E-state index contributed by atoms with van der Waals surface area (Å²) in [6.45, 7) is 3.96. The maximum atomic E-state index is 12.4. The second kappa shape index (κ2) is 10.1. The molecule has 0 aliphatic heterocycles. The molecule has 1 aromatic heterocycles. The number of ether oxygens (including phenoxy) is 1. The van der Waals surface area contributed by atoms with Crippen molar-refractivity contribution in [3.8, 4) is 5.75 Å². The molecule has 0 saturated heterocycles. The topological polar surface area (TPSA) is 98.1 Å². The molecule has 2 aromatic carbocycles. The molecule has 0 aliphatic rings. The van der Waals surface area contributed by atoms with Crippen molar-refractivity contribution < 1.29 is 14.3 Å². The highest BCUT2D eigenvalue weighted by Crippen LogP contribution is 2.20. The summed E-state index contributed by atoms with van der Waals surface area (Å²) in [6.07, 6.45) is 0.0907. The Morgan fingerprint density at radius 3 is 2.61 bits per heavy atom. The summed E-state index contributed by atoms with van der Waals surface area (Å²) in [6, 6.07) is 13.0. The third kappa shape index (κ3) is 6.08. The molecular formula is C22H25N5O3S. The van der Waals surface area contributed by atoms with Crippen molar-refractivity contribution in [2.24, 2.45) is 7.05 Å². The lowest BCUT2D eigenvalue weighted by molar-refractivity contribution is -0.116. The van der Waals surface area contributed by atoms with Gasteiger partial charge in [-0.1, -0.05) is 35.5 Å². The highest BCUT2D eigenvalue weighted by atomic mass is 32.2. The molecule has 3 aromatic rings. The number of methoxy groups -OCH3 is 1. The molecule has 8 nitrogen and oxygen atoms in total. The fourth-order valence-electron chi connectivity index (χ4n) is 2.94. The van der Waals surface area contributed by atoms with Gasteiger partial charge in [0.25, 0.3) is 0 Å². The van der Waals surface area contributed by atoms with Crippen LogP contribution in [0.3, 0.4) is 0 Å². The monoisotopic (exact) mass is 439 g/mol. The van der Waals surface area contributed by atoms with Crippen LogP contribution >= 0.6 is 11.8 Å². The van der Waals surface area contributed by atoms with E-state index in [1.165, 1.54) is 11.8 Å². The van der Waals surface area contributed by atoms with E-state index in [0.29, 0.717) is 22.4 Å². The Morgan fingerprint density at radius 1 is 1.06 bits per heavy atom. The third-order valence-corrected chi connectivity index (χ3v) is 5.61. The predicted molar refractivity (Wildman–Crippen MR) is 122 cm³/mol. The maximum Gasteiger partial charge on any atom is 0.234 e. The Labute approximate surface area is 185 Å². The number of nitrogens with zero attached hydrogens (tertiary/aromatic N) is 3. The van der Waals surface area contributed by atoms with Gasteiger partial charge >= 0.3 is 0 Å². The van der Waals surface area contributed by atoms with Gasteiger partial charge < -0.3 is 19.9 Å². The fraction of sp³-hybridized carbons (Fsp3) is 0.273. The van der Waals surface area contributed by atoms with Gasteiger partial charge in [-0.25, -0.2) is 0 Å². The SMILES string of the molecule is COc1cccc(NC(=O)CSc2nnc(CC(=O)Nc3ccc(C)cc3C)n2C)c1. The summed E-state index contributed by atoms with van der Waals surface area (Å²) in [7, 11) is 3.35. The number of hydrogen-bond donors (Lipinski definition) is 2. The minimum absolute atomic E-state index is 0.0907. The molecule has 2 N–H and O–H groups in total. The Balaban J connectivity index is 1.54. The maximum absolute atomic E-state index is 12.4. The van der Waals surface area contributed by atoms with Gasteiger partial charge in [0.15, 0.2) is 5.16 Å². The van der Waals surface area contributed by atoms with Gasteiger partial charge in [-0.2, -0.15) is 0 Å². The zero-order chi connectivity index (χ0) is 22.4. The number of rotatable bonds is 8. The summed E-state index contributed by atoms with van der Waals surface area (Å²) in [5, 5.41) is 14.5. The number of amides is 2. The third-order valence-electron chi connectivity index (χ3n) is 4.59. The summed E-state index contributed by atoms with van der Waals surface area (Å²) >= 11 is 1.25. The van der Waals surface area contributed by atoms with E-state index in [1.54, 1.807) is 36.9 Å². The van der Waals surface area contributed by atoms with Crippen LogP contribution in [0.4, 0.5) is 11.4 Å². The lowest BCUT2D eigenvalue weighted by atomic mass is 10.1. The molecule has 0 saturated carbocycles. The Hall–Kier alpha value is -3.33. The molecule has 1 heterocycles. The van der Waals surface area contributed by atoms with E-state index in [-0.39, 0.29) is 24.0 Å². The number of aromatic nitrogens is 3. The van der Waals surface area contributed by atoms with Gasteiger partial charge in [0.1, 0.15) is 11.6 Å². The summed E-state index contributed by atoms with van der Waals surface area (Å²) < 4.78 is 6.88. The normalized spacial score (nSPS) is 10.6. The summed E-state index contributed by atoms with van der Waals surface area (Å²) in [5.41, 5.74) is 3.58. The van der Waals surface area contributed by atoms with Crippen LogP contribution in [0.15, 0.2) is 47.6 Å². The number of anilines is 2. The first-order valence-corrected chi connectivity index (χ1v) is 10.7. The molecule has 162 valence electrons. The first kappa shape index (κ1) is 22.4. The van der Waals surface area contributed by atoms with Crippen LogP contribution in [0, 0.1) is 13.8 Å². The van der Waals surface area contributed by atoms with E-state index in [9.17, 15) is 9.59 Å². The van der Waals surface area contributed by atoms with Crippen molar-refractivity contribution >= 4 is 35.0 Å². The molecule has 9 heteroatoms. The number of benzene rings is 2. The molecular weight excluding hydrogens is 414 g/mol. The molecule has 0 atom stereocenters. The van der Waals surface area contributed by atoms with Crippen LogP contribution in [0.1, 0.15) is 17.0 Å². The number of thioether (sulfide) groups is 1. The first-order valence-electron chi connectivity index (χ1n) is 9.68.